The number of nitrogens with zero attached hydrogens (tertiary/aromatic N) is 3. The summed E-state index contributed by atoms with van der Waals surface area (Å²) in [4.78, 5) is 0. The highest BCUT2D eigenvalue weighted by Gasteiger charge is 2.09. The lowest BCUT2D eigenvalue weighted by molar-refractivity contribution is 0.475. The van der Waals surface area contributed by atoms with Gasteiger partial charge in [-0.2, -0.15) is 0 Å². The first-order chi connectivity index (χ1) is 10.2. The maximum absolute atomic E-state index is 9.30. The van der Waals surface area contributed by atoms with Crippen molar-refractivity contribution in [1.29, 1.82) is 0 Å². The van der Waals surface area contributed by atoms with Gasteiger partial charge in [-0.15, -0.1) is 10.2 Å². The molecule has 0 saturated heterocycles. The van der Waals surface area contributed by atoms with Crippen LogP contribution in [0, 0.1) is 0 Å². The molecule has 0 aliphatic rings. The zero-order valence-electron chi connectivity index (χ0n) is 11.7. The van der Waals surface area contributed by atoms with E-state index >= 15 is 0 Å². The van der Waals surface area contributed by atoms with Crippen LogP contribution in [0.15, 0.2) is 54.9 Å². The van der Waals surface area contributed by atoms with Gasteiger partial charge >= 0.3 is 0 Å². The average Bonchev–Trinajstić information content (AvgIpc) is 2.93. The normalized spacial score (nSPS) is 10.5. The molecular formula is C16H16N4O. The Hall–Kier alpha value is -2.82. The van der Waals surface area contributed by atoms with Crippen LogP contribution in [-0.2, 0) is 13.6 Å². The highest BCUT2D eigenvalue weighted by molar-refractivity contribution is 5.73. The maximum atomic E-state index is 9.30. The van der Waals surface area contributed by atoms with Gasteiger partial charge in [-0.1, -0.05) is 24.3 Å². The van der Waals surface area contributed by atoms with Gasteiger partial charge in [-0.05, 0) is 29.8 Å². The summed E-state index contributed by atoms with van der Waals surface area (Å²) in [6, 6.07) is 15.2. The monoisotopic (exact) mass is 280 g/mol. The zero-order valence-corrected chi connectivity index (χ0v) is 11.7. The first kappa shape index (κ1) is 13.2. The molecule has 1 aromatic heterocycles. The summed E-state index contributed by atoms with van der Waals surface area (Å²) in [5.74, 6) is 1.10. The number of anilines is 1. The third-order valence-corrected chi connectivity index (χ3v) is 3.30. The van der Waals surface area contributed by atoms with Gasteiger partial charge in [0.05, 0.1) is 0 Å². The summed E-state index contributed by atoms with van der Waals surface area (Å²) in [6.45, 7) is 0.676. The van der Waals surface area contributed by atoms with Crippen LogP contribution in [-0.4, -0.2) is 19.9 Å². The predicted molar refractivity (Wildman–Crippen MR) is 81.9 cm³/mol. The Morgan fingerprint density at radius 2 is 1.86 bits per heavy atom. The SMILES string of the molecule is Cn1cnnc1-c1ccccc1NCc1ccc(O)cc1. The first-order valence-electron chi connectivity index (χ1n) is 6.69. The van der Waals surface area contributed by atoms with Crippen molar-refractivity contribution in [2.75, 3.05) is 5.32 Å². The number of phenols is 1. The van der Waals surface area contributed by atoms with Crippen molar-refractivity contribution in [3.8, 4) is 17.1 Å². The number of rotatable bonds is 4. The van der Waals surface area contributed by atoms with E-state index in [1.807, 2.05) is 48.0 Å². The zero-order chi connectivity index (χ0) is 14.7. The van der Waals surface area contributed by atoms with E-state index in [1.54, 1.807) is 18.5 Å². The number of phenolic OH excluding ortho intramolecular Hbond substituents is 1. The minimum atomic E-state index is 0.276. The standard InChI is InChI=1S/C16H16N4O/c1-20-11-18-19-16(20)14-4-2-3-5-15(14)17-10-12-6-8-13(21)9-7-12/h2-9,11,17,21H,10H2,1H3. The fourth-order valence-electron chi connectivity index (χ4n) is 2.17. The number of aryl methyl sites for hydroxylation is 1. The number of nitrogens with one attached hydrogen (secondary N) is 1. The Kier molecular flexibility index (Phi) is 3.55. The molecule has 0 spiro atoms. The number of hydrogen-bond acceptors (Lipinski definition) is 4. The van der Waals surface area contributed by atoms with Crippen molar-refractivity contribution in [2.45, 2.75) is 6.54 Å². The maximum Gasteiger partial charge on any atom is 0.165 e. The van der Waals surface area contributed by atoms with Gasteiger partial charge in [0.25, 0.3) is 0 Å². The molecule has 0 radical (unpaired) electrons. The molecule has 5 heteroatoms. The Morgan fingerprint density at radius 3 is 2.57 bits per heavy atom. The predicted octanol–water partition coefficient (Wildman–Crippen LogP) is 2.80. The van der Waals surface area contributed by atoms with Gasteiger partial charge in [0.15, 0.2) is 5.82 Å². The third-order valence-electron chi connectivity index (χ3n) is 3.30. The molecule has 3 rings (SSSR count). The van der Waals surface area contributed by atoms with Crippen molar-refractivity contribution in [3.63, 3.8) is 0 Å². The van der Waals surface area contributed by atoms with Crippen LogP contribution in [0.1, 0.15) is 5.56 Å². The van der Waals surface area contributed by atoms with Crippen molar-refractivity contribution < 1.29 is 5.11 Å². The first-order valence-corrected chi connectivity index (χ1v) is 6.69. The van der Waals surface area contributed by atoms with Crippen molar-refractivity contribution in [2.24, 2.45) is 7.05 Å². The quantitative estimate of drug-likeness (QED) is 0.771. The molecule has 0 aliphatic carbocycles. The van der Waals surface area contributed by atoms with Gasteiger partial charge in [0, 0.05) is 24.8 Å². The summed E-state index contributed by atoms with van der Waals surface area (Å²) in [6.07, 6.45) is 1.69. The second-order valence-electron chi connectivity index (χ2n) is 4.83. The summed E-state index contributed by atoms with van der Waals surface area (Å²) in [7, 11) is 1.92. The van der Waals surface area contributed by atoms with E-state index in [4.69, 9.17) is 0 Å². The smallest absolute Gasteiger partial charge is 0.165 e. The summed E-state index contributed by atoms with van der Waals surface area (Å²) in [5, 5.41) is 20.8. The molecule has 3 aromatic rings. The van der Waals surface area contributed by atoms with E-state index in [2.05, 4.69) is 15.5 Å². The number of aromatic hydroxyl groups is 1. The molecule has 21 heavy (non-hydrogen) atoms. The molecule has 0 atom stereocenters. The molecule has 106 valence electrons. The van der Waals surface area contributed by atoms with Crippen molar-refractivity contribution in [3.05, 3.63) is 60.4 Å². The second-order valence-corrected chi connectivity index (χ2v) is 4.83. The van der Waals surface area contributed by atoms with Crippen LogP contribution >= 0.6 is 0 Å². The summed E-state index contributed by atoms with van der Waals surface area (Å²) < 4.78 is 1.89. The van der Waals surface area contributed by atoms with Gasteiger partial charge in [-0.25, -0.2) is 0 Å². The molecule has 2 aromatic carbocycles. The number of hydrogen-bond donors (Lipinski definition) is 2. The van der Waals surface area contributed by atoms with Gasteiger partial charge in [0.1, 0.15) is 12.1 Å². The van der Waals surface area contributed by atoms with Crippen molar-refractivity contribution in [1.82, 2.24) is 14.8 Å². The molecule has 2 N–H and O–H groups in total. The number of para-hydroxylation sites is 1. The van der Waals surface area contributed by atoms with Crippen LogP contribution in [0.4, 0.5) is 5.69 Å². The van der Waals surface area contributed by atoms with E-state index in [0.29, 0.717) is 6.54 Å². The molecular weight excluding hydrogens is 264 g/mol. The molecule has 0 aliphatic heterocycles. The van der Waals surface area contributed by atoms with Crippen LogP contribution in [0.3, 0.4) is 0 Å². The minimum Gasteiger partial charge on any atom is -0.508 e. The Morgan fingerprint density at radius 1 is 1.10 bits per heavy atom. The third kappa shape index (κ3) is 2.86. The lowest BCUT2D eigenvalue weighted by Gasteiger charge is -2.11. The van der Waals surface area contributed by atoms with E-state index in [-0.39, 0.29) is 5.75 Å². The highest BCUT2D eigenvalue weighted by atomic mass is 16.3. The van der Waals surface area contributed by atoms with Crippen LogP contribution < -0.4 is 5.32 Å². The van der Waals surface area contributed by atoms with Gasteiger partial charge in [-0.3, -0.25) is 0 Å². The lowest BCUT2D eigenvalue weighted by atomic mass is 10.1. The van der Waals surface area contributed by atoms with E-state index in [0.717, 1.165) is 22.6 Å². The Bertz CT molecular complexity index is 734. The molecule has 1 heterocycles. The fraction of sp³-hybridized carbons (Fsp3) is 0.125. The largest absolute Gasteiger partial charge is 0.508 e. The number of benzene rings is 2. The Balaban J connectivity index is 1.83. The van der Waals surface area contributed by atoms with E-state index in [9.17, 15) is 5.11 Å². The van der Waals surface area contributed by atoms with Crippen LogP contribution in [0.25, 0.3) is 11.4 Å². The lowest BCUT2D eigenvalue weighted by Crippen LogP contribution is -2.02. The highest BCUT2D eigenvalue weighted by Crippen LogP contribution is 2.26. The topological polar surface area (TPSA) is 63.0 Å². The van der Waals surface area contributed by atoms with Crippen LogP contribution in [0.2, 0.25) is 0 Å². The fourth-order valence-corrected chi connectivity index (χ4v) is 2.17. The minimum absolute atomic E-state index is 0.276. The van der Waals surface area contributed by atoms with E-state index < -0.39 is 0 Å². The van der Waals surface area contributed by atoms with Gasteiger partial charge < -0.3 is 15.0 Å². The van der Waals surface area contributed by atoms with Crippen LogP contribution in [0.5, 0.6) is 5.75 Å². The molecule has 0 bridgehead atoms. The molecule has 0 amide bonds. The van der Waals surface area contributed by atoms with E-state index in [1.165, 1.54) is 0 Å². The summed E-state index contributed by atoms with van der Waals surface area (Å²) in [5.41, 5.74) is 3.11. The van der Waals surface area contributed by atoms with Gasteiger partial charge in [0.2, 0.25) is 0 Å². The molecule has 5 nitrogen and oxygen atoms in total. The second kappa shape index (κ2) is 5.66. The Labute approximate surface area is 122 Å². The molecule has 0 fully saturated rings. The van der Waals surface area contributed by atoms with Crippen molar-refractivity contribution >= 4 is 5.69 Å². The summed E-state index contributed by atoms with van der Waals surface area (Å²) >= 11 is 0. The number of aromatic nitrogens is 3. The molecule has 0 saturated carbocycles. The molecule has 0 unspecified atom stereocenters. The average molecular weight is 280 g/mol.